The molecule has 2 aromatic carbocycles. The number of hydrogen-bond acceptors (Lipinski definition) is 4. The van der Waals surface area contributed by atoms with Gasteiger partial charge in [0.15, 0.2) is 11.5 Å². The number of hydrogen-bond donors (Lipinski definition) is 1. The highest BCUT2D eigenvalue weighted by Crippen LogP contribution is 2.47. The van der Waals surface area contributed by atoms with Crippen molar-refractivity contribution in [1.29, 1.82) is 0 Å². The van der Waals surface area contributed by atoms with E-state index in [1.165, 1.54) is 0 Å². The van der Waals surface area contributed by atoms with Crippen molar-refractivity contribution in [2.75, 3.05) is 18.4 Å². The fourth-order valence-electron chi connectivity index (χ4n) is 4.65. The molecular formula is C24H25BrN2O4. The molecule has 7 heteroatoms. The average Bonchev–Trinajstić information content (AvgIpc) is 3.39. The molecule has 0 bridgehead atoms. The van der Waals surface area contributed by atoms with Gasteiger partial charge in [-0.05, 0) is 62.1 Å². The number of amides is 2. The Bertz CT molecular complexity index is 993. The van der Waals surface area contributed by atoms with E-state index in [0.29, 0.717) is 37.2 Å². The van der Waals surface area contributed by atoms with Crippen molar-refractivity contribution in [2.45, 2.75) is 44.3 Å². The largest absolute Gasteiger partial charge is 0.448 e. The van der Waals surface area contributed by atoms with Gasteiger partial charge in [0, 0.05) is 53.6 Å². The fourth-order valence-corrected chi connectivity index (χ4v) is 4.92. The Morgan fingerprint density at radius 3 is 2.35 bits per heavy atom. The summed E-state index contributed by atoms with van der Waals surface area (Å²) < 4.78 is 13.1. The quantitative estimate of drug-likeness (QED) is 0.666. The van der Waals surface area contributed by atoms with Gasteiger partial charge in [-0.3, -0.25) is 9.59 Å². The number of piperidine rings is 1. The van der Waals surface area contributed by atoms with Gasteiger partial charge in [-0.25, -0.2) is 0 Å². The predicted octanol–water partition coefficient (Wildman–Crippen LogP) is 4.98. The van der Waals surface area contributed by atoms with E-state index in [1.807, 2.05) is 47.4 Å². The van der Waals surface area contributed by atoms with Crippen molar-refractivity contribution >= 4 is 33.4 Å². The van der Waals surface area contributed by atoms with E-state index in [1.54, 1.807) is 0 Å². The molecule has 2 aliphatic heterocycles. The molecule has 0 radical (unpaired) electrons. The van der Waals surface area contributed by atoms with E-state index in [9.17, 15) is 9.59 Å². The van der Waals surface area contributed by atoms with E-state index in [0.717, 1.165) is 41.6 Å². The molecule has 1 saturated heterocycles. The van der Waals surface area contributed by atoms with Gasteiger partial charge in [-0.1, -0.05) is 15.9 Å². The van der Waals surface area contributed by atoms with Crippen molar-refractivity contribution in [1.82, 2.24) is 4.90 Å². The number of rotatable bonds is 3. The Labute approximate surface area is 190 Å². The topological polar surface area (TPSA) is 67.9 Å². The lowest BCUT2D eigenvalue weighted by Gasteiger charge is -2.31. The Balaban J connectivity index is 1.16. The number of nitrogens with zero attached hydrogens (tertiary/aromatic N) is 1. The summed E-state index contributed by atoms with van der Waals surface area (Å²) in [7, 11) is 0. The van der Waals surface area contributed by atoms with Crippen LogP contribution < -0.4 is 14.8 Å². The summed E-state index contributed by atoms with van der Waals surface area (Å²) in [5.74, 6) is 0.849. The van der Waals surface area contributed by atoms with Gasteiger partial charge in [0.2, 0.25) is 5.91 Å². The molecule has 0 aromatic heterocycles. The van der Waals surface area contributed by atoms with Crippen LogP contribution in [0.3, 0.4) is 0 Å². The summed E-state index contributed by atoms with van der Waals surface area (Å²) in [6, 6.07) is 13.0. The number of ether oxygens (including phenoxy) is 2. The van der Waals surface area contributed by atoms with Crippen LogP contribution in [-0.4, -0.2) is 35.6 Å². The maximum absolute atomic E-state index is 12.8. The molecule has 6 nitrogen and oxygen atoms in total. The van der Waals surface area contributed by atoms with E-state index < -0.39 is 5.79 Å². The van der Waals surface area contributed by atoms with Gasteiger partial charge in [-0.15, -0.1) is 0 Å². The minimum Gasteiger partial charge on any atom is -0.448 e. The third kappa shape index (κ3) is 4.15. The van der Waals surface area contributed by atoms with Crippen molar-refractivity contribution in [3.63, 3.8) is 0 Å². The maximum Gasteiger partial charge on any atom is 0.253 e. The van der Waals surface area contributed by atoms with Crippen LogP contribution in [0.2, 0.25) is 0 Å². The molecule has 2 aromatic rings. The minimum atomic E-state index is -0.501. The van der Waals surface area contributed by atoms with E-state index in [4.69, 9.17) is 9.47 Å². The van der Waals surface area contributed by atoms with Crippen LogP contribution in [0.4, 0.5) is 5.69 Å². The molecule has 31 heavy (non-hydrogen) atoms. The predicted molar refractivity (Wildman–Crippen MR) is 120 cm³/mol. The summed E-state index contributed by atoms with van der Waals surface area (Å²) in [5, 5.41) is 3.02. The molecule has 1 aliphatic carbocycles. The van der Waals surface area contributed by atoms with E-state index >= 15 is 0 Å². The number of carbonyl (C=O) groups excluding carboxylic acids is 2. The highest BCUT2D eigenvalue weighted by atomic mass is 79.9. The monoisotopic (exact) mass is 484 g/mol. The van der Waals surface area contributed by atoms with Gasteiger partial charge >= 0.3 is 0 Å². The van der Waals surface area contributed by atoms with Gasteiger partial charge in [-0.2, -0.15) is 0 Å². The lowest BCUT2D eigenvalue weighted by Crippen LogP contribution is -2.41. The first-order valence-electron chi connectivity index (χ1n) is 10.9. The molecule has 1 saturated carbocycles. The molecule has 1 N–H and O–H groups in total. The first-order chi connectivity index (χ1) is 15.0. The van der Waals surface area contributed by atoms with Crippen LogP contribution in [0.1, 0.15) is 48.9 Å². The summed E-state index contributed by atoms with van der Waals surface area (Å²) in [6.45, 7) is 1.16. The summed E-state index contributed by atoms with van der Waals surface area (Å²) >= 11 is 3.39. The fraction of sp³-hybridized carbons (Fsp3) is 0.417. The number of benzene rings is 2. The van der Waals surface area contributed by atoms with Crippen LogP contribution in [-0.2, 0) is 4.79 Å². The summed E-state index contributed by atoms with van der Waals surface area (Å²) in [6.07, 6.45) is 5.34. The molecule has 0 unspecified atom stereocenters. The smallest absolute Gasteiger partial charge is 0.253 e. The molecule has 2 fully saturated rings. The number of fused-ring (bicyclic) bond motifs is 1. The molecule has 0 atom stereocenters. The second-order valence-corrected chi connectivity index (χ2v) is 9.46. The molecule has 2 amide bonds. The number of halogens is 1. The molecular weight excluding hydrogens is 460 g/mol. The first-order valence-corrected chi connectivity index (χ1v) is 11.7. The lowest BCUT2D eigenvalue weighted by atomic mass is 9.95. The molecule has 162 valence electrons. The third-order valence-corrected chi connectivity index (χ3v) is 6.94. The van der Waals surface area contributed by atoms with Gasteiger partial charge < -0.3 is 19.7 Å². The van der Waals surface area contributed by atoms with E-state index in [2.05, 4.69) is 21.2 Å². The van der Waals surface area contributed by atoms with Crippen molar-refractivity contribution in [3.8, 4) is 11.5 Å². The zero-order chi connectivity index (χ0) is 21.4. The van der Waals surface area contributed by atoms with Crippen LogP contribution in [0.5, 0.6) is 11.5 Å². The average molecular weight is 485 g/mol. The van der Waals surface area contributed by atoms with Gasteiger partial charge in [0.25, 0.3) is 11.7 Å². The Morgan fingerprint density at radius 1 is 0.968 bits per heavy atom. The second-order valence-electron chi connectivity index (χ2n) is 8.55. The van der Waals surface area contributed by atoms with Crippen molar-refractivity contribution in [2.24, 2.45) is 5.92 Å². The molecule has 1 spiro atoms. The van der Waals surface area contributed by atoms with Crippen LogP contribution >= 0.6 is 15.9 Å². The summed E-state index contributed by atoms with van der Waals surface area (Å²) in [4.78, 5) is 27.3. The molecule has 3 aliphatic rings. The minimum absolute atomic E-state index is 0.00909. The van der Waals surface area contributed by atoms with Crippen LogP contribution in [0, 0.1) is 5.92 Å². The van der Waals surface area contributed by atoms with Gasteiger partial charge in [0.1, 0.15) is 0 Å². The number of anilines is 1. The Morgan fingerprint density at radius 2 is 1.65 bits per heavy atom. The van der Waals surface area contributed by atoms with E-state index in [-0.39, 0.29) is 17.7 Å². The zero-order valence-electron chi connectivity index (χ0n) is 17.2. The van der Waals surface area contributed by atoms with Gasteiger partial charge in [0.05, 0.1) is 0 Å². The van der Waals surface area contributed by atoms with Crippen molar-refractivity contribution < 1.29 is 19.1 Å². The first kappa shape index (κ1) is 20.4. The highest BCUT2D eigenvalue weighted by molar-refractivity contribution is 9.10. The van der Waals surface area contributed by atoms with Crippen LogP contribution in [0.15, 0.2) is 46.9 Å². The maximum atomic E-state index is 12.8. The zero-order valence-corrected chi connectivity index (χ0v) is 18.8. The number of carbonyl (C=O) groups is 2. The molecule has 5 rings (SSSR count). The third-order valence-electron chi connectivity index (χ3n) is 6.41. The number of likely N-dealkylation sites (tertiary alicyclic amines) is 1. The molecule has 2 heterocycles. The van der Waals surface area contributed by atoms with Crippen LogP contribution in [0.25, 0.3) is 0 Å². The summed E-state index contributed by atoms with van der Waals surface area (Å²) in [5.41, 5.74) is 1.39. The SMILES string of the molecule is O=C(Nc1ccc2c(c1)OC1(CCCC1)O2)C1CCN(C(=O)c2ccc(Br)cc2)CC1. The highest BCUT2D eigenvalue weighted by Gasteiger charge is 2.44. The number of nitrogens with one attached hydrogen (secondary N) is 1. The normalized spacial score (nSPS) is 19.6. The lowest BCUT2D eigenvalue weighted by molar-refractivity contribution is -0.121. The standard InChI is InChI=1S/C24H25BrN2O4/c25-18-5-3-17(4-6-18)23(29)27-13-9-16(10-14-27)22(28)26-19-7-8-20-21(15-19)31-24(30-20)11-1-2-12-24/h3-8,15-16H,1-2,9-14H2,(H,26,28). The Kier molecular flexibility index (Phi) is 5.38. The van der Waals surface area contributed by atoms with Crippen molar-refractivity contribution in [3.05, 3.63) is 52.5 Å². The second kappa shape index (κ2) is 8.19. The Hall–Kier alpha value is -2.54.